The third-order valence-corrected chi connectivity index (χ3v) is 8.79. The van der Waals surface area contributed by atoms with Crippen molar-refractivity contribution >= 4 is 33.0 Å². The first-order valence-electron chi connectivity index (χ1n) is 15.6. The molecule has 3 heterocycles. The van der Waals surface area contributed by atoms with Crippen LogP contribution in [-0.4, -0.2) is 19.6 Å². The number of nitrogens with zero attached hydrogens (tertiary/aromatic N) is 3. The van der Waals surface area contributed by atoms with Crippen molar-refractivity contribution in [2.45, 2.75) is 0 Å². The molecule has 47 heavy (non-hydrogen) atoms. The molecule has 0 atom stereocenters. The van der Waals surface area contributed by atoms with Crippen molar-refractivity contribution in [2.75, 3.05) is 0 Å². The second-order valence-corrected chi connectivity index (χ2v) is 11.6. The molecule has 9 aromatic rings. The topological polar surface area (TPSA) is 64.1 Å². The molecule has 0 fully saturated rings. The van der Waals surface area contributed by atoms with Crippen LogP contribution in [0.3, 0.4) is 0 Å². The number of phenolic OH excluding ortho intramolecular Hbond substituents is 1. The summed E-state index contributed by atoms with van der Waals surface area (Å²) in [5.41, 5.74) is 10.9. The lowest BCUT2D eigenvalue weighted by Gasteiger charge is -2.15. The highest BCUT2D eigenvalue weighted by molar-refractivity contribution is 6.07. The molecule has 5 nitrogen and oxygen atoms in total. The summed E-state index contributed by atoms with van der Waals surface area (Å²) in [6.07, 6.45) is 1.81. The Morgan fingerprint density at radius 1 is 0.532 bits per heavy atom. The fourth-order valence-corrected chi connectivity index (χ4v) is 6.61. The molecular weight excluding hydrogens is 578 g/mol. The van der Waals surface area contributed by atoms with E-state index in [0.717, 1.165) is 66.6 Å². The number of hydrogen-bond acceptors (Lipinski definition) is 4. The monoisotopic (exact) mass is 605 g/mol. The van der Waals surface area contributed by atoms with Crippen LogP contribution < -0.4 is 0 Å². The first-order chi connectivity index (χ1) is 23.2. The Labute approximate surface area is 270 Å². The number of aromatic hydroxyl groups is 1. The van der Waals surface area contributed by atoms with Gasteiger partial charge in [0.25, 0.3) is 0 Å². The molecule has 9 rings (SSSR count). The van der Waals surface area contributed by atoms with Crippen molar-refractivity contribution in [1.82, 2.24) is 14.5 Å². The number of rotatable bonds is 5. The number of para-hydroxylation sites is 3. The van der Waals surface area contributed by atoms with E-state index in [1.807, 2.05) is 79.0 Å². The zero-order chi connectivity index (χ0) is 31.3. The molecule has 0 amide bonds. The summed E-state index contributed by atoms with van der Waals surface area (Å²) in [7, 11) is 0. The van der Waals surface area contributed by atoms with Crippen LogP contribution in [0.25, 0.3) is 83.6 Å². The summed E-state index contributed by atoms with van der Waals surface area (Å²) in [5.74, 6) is 0.757. The van der Waals surface area contributed by atoms with Gasteiger partial charge in [0, 0.05) is 33.7 Å². The molecule has 5 heteroatoms. The fraction of sp³-hybridized carbons (Fsp3) is 0. The molecule has 0 unspecified atom stereocenters. The number of benzene rings is 6. The lowest BCUT2D eigenvalue weighted by atomic mass is 10.00. The summed E-state index contributed by atoms with van der Waals surface area (Å²) in [6, 6.07) is 50.9. The molecule has 0 saturated heterocycles. The van der Waals surface area contributed by atoms with E-state index in [9.17, 15) is 5.11 Å². The minimum absolute atomic E-state index is 0.136. The Morgan fingerprint density at radius 3 is 2.17 bits per heavy atom. The average molecular weight is 606 g/mol. The van der Waals surface area contributed by atoms with Gasteiger partial charge in [0.1, 0.15) is 22.7 Å². The summed E-state index contributed by atoms with van der Waals surface area (Å²) in [6.45, 7) is 0. The second kappa shape index (κ2) is 10.9. The Kier molecular flexibility index (Phi) is 6.22. The van der Waals surface area contributed by atoms with E-state index >= 15 is 0 Å². The molecular formula is C42H27N3O2. The Morgan fingerprint density at radius 2 is 1.28 bits per heavy atom. The van der Waals surface area contributed by atoms with Crippen LogP contribution in [0.5, 0.6) is 5.75 Å². The third-order valence-electron chi connectivity index (χ3n) is 8.79. The summed E-state index contributed by atoms with van der Waals surface area (Å²) in [5, 5.41) is 13.5. The van der Waals surface area contributed by atoms with E-state index in [-0.39, 0.29) is 5.75 Å². The van der Waals surface area contributed by atoms with Gasteiger partial charge in [-0.25, -0.2) is 4.98 Å². The molecule has 0 aliphatic rings. The number of imidazole rings is 1. The highest BCUT2D eigenvalue weighted by Crippen LogP contribution is 2.42. The molecule has 1 N–H and O–H groups in total. The number of phenols is 1. The van der Waals surface area contributed by atoms with Gasteiger partial charge in [-0.05, 0) is 59.7 Å². The van der Waals surface area contributed by atoms with Gasteiger partial charge in [0.05, 0.1) is 28.0 Å². The Balaban J connectivity index is 1.34. The maximum absolute atomic E-state index is 11.7. The van der Waals surface area contributed by atoms with Gasteiger partial charge < -0.3 is 9.52 Å². The Bertz CT molecular complexity index is 2580. The van der Waals surface area contributed by atoms with Crippen LogP contribution in [-0.2, 0) is 0 Å². The van der Waals surface area contributed by atoms with Crippen LogP contribution >= 0.6 is 0 Å². The molecule has 0 aliphatic heterocycles. The van der Waals surface area contributed by atoms with Gasteiger partial charge in [-0.3, -0.25) is 9.55 Å². The predicted molar refractivity (Wildman–Crippen MR) is 190 cm³/mol. The number of furan rings is 1. The molecule has 6 aromatic carbocycles. The fourth-order valence-electron chi connectivity index (χ4n) is 6.61. The highest BCUT2D eigenvalue weighted by Gasteiger charge is 2.23. The summed E-state index contributed by atoms with van der Waals surface area (Å²) >= 11 is 0. The zero-order valence-corrected chi connectivity index (χ0v) is 25.2. The van der Waals surface area contributed by atoms with Crippen LogP contribution in [0, 0.1) is 0 Å². The summed E-state index contributed by atoms with van der Waals surface area (Å²) < 4.78 is 8.44. The normalized spacial score (nSPS) is 11.5. The van der Waals surface area contributed by atoms with Crippen LogP contribution in [0.4, 0.5) is 0 Å². The lowest BCUT2D eigenvalue weighted by Crippen LogP contribution is -2.00. The zero-order valence-electron chi connectivity index (χ0n) is 25.2. The van der Waals surface area contributed by atoms with Gasteiger partial charge in [-0.1, -0.05) is 103 Å². The first kappa shape index (κ1) is 26.9. The average Bonchev–Trinajstić information content (AvgIpc) is 3.70. The minimum Gasteiger partial charge on any atom is -0.507 e. The van der Waals surface area contributed by atoms with E-state index in [0.29, 0.717) is 17.0 Å². The number of aromatic nitrogens is 3. The van der Waals surface area contributed by atoms with E-state index in [1.54, 1.807) is 6.07 Å². The number of pyridine rings is 1. The van der Waals surface area contributed by atoms with Crippen LogP contribution in [0.15, 0.2) is 162 Å². The molecule has 3 aromatic heterocycles. The van der Waals surface area contributed by atoms with Crippen LogP contribution in [0.1, 0.15) is 0 Å². The predicted octanol–water partition coefficient (Wildman–Crippen LogP) is 10.7. The van der Waals surface area contributed by atoms with Crippen molar-refractivity contribution < 1.29 is 9.52 Å². The Hall–Kier alpha value is -6.46. The second-order valence-electron chi connectivity index (χ2n) is 11.6. The smallest absolute Gasteiger partial charge is 0.149 e. The largest absolute Gasteiger partial charge is 0.507 e. The SMILES string of the molecule is Oc1cc2c(cc1-c1nc3c(-c4cccc(-c5ccccn5)c4)cccc3n1-c1ccccc1-c1ccccc1)oc1ccccc12. The molecule has 0 spiro atoms. The maximum Gasteiger partial charge on any atom is 0.149 e. The minimum atomic E-state index is 0.136. The molecule has 0 aliphatic carbocycles. The highest BCUT2D eigenvalue weighted by atomic mass is 16.3. The quantitative estimate of drug-likeness (QED) is 0.212. The molecule has 222 valence electrons. The van der Waals surface area contributed by atoms with Gasteiger partial charge in [-0.2, -0.15) is 0 Å². The molecule has 0 saturated carbocycles. The number of fused-ring (bicyclic) bond motifs is 4. The van der Waals surface area contributed by atoms with Gasteiger partial charge >= 0.3 is 0 Å². The maximum atomic E-state index is 11.7. The lowest BCUT2D eigenvalue weighted by molar-refractivity contribution is 0.477. The van der Waals surface area contributed by atoms with Crippen molar-refractivity contribution in [3.8, 4) is 56.3 Å². The van der Waals surface area contributed by atoms with E-state index in [2.05, 4.69) is 82.3 Å². The van der Waals surface area contributed by atoms with Crippen molar-refractivity contribution in [3.63, 3.8) is 0 Å². The molecule has 0 radical (unpaired) electrons. The van der Waals surface area contributed by atoms with E-state index < -0.39 is 0 Å². The van der Waals surface area contributed by atoms with Crippen molar-refractivity contribution in [1.29, 1.82) is 0 Å². The van der Waals surface area contributed by atoms with Gasteiger partial charge in [0.15, 0.2) is 0 Å². The summed E-state index contributed by atoms with van der Waals surface area (Å²) in [4.78, 5) is 9.92. The van der Waals surface area contributed by atoms with E-state index in [4.69, 9.17) is 9.40 Å². The van der Waals surface area contributed by atoms with Crippen molar-refractivity contribution in [2.24, 2.45) is 0 Å². The van der Waals surface area contributed by atoms with Gasteiger partial charge in [0.2, 0.25) is 0 Å². The van der Waals surface area contributed by atoms with E-state index in [1.165, 1.54) is 0 Å². The van der Waals surface area contributed by atoms with Gasteiger partial charge in [-0.15, -0.1) is 0 Å². The van der Waals surface area contributed by atoms with Crippen LogP contribution in [0.2, 0.25) is 0 Å². The molecule has 0 bridgehead atoms. The third kappa shape index (κ3) is 4.48. The standard InChI is InChI=1S/C42H27N3O2/c46-38-25-33-32-17-5-7-22-39(32)47-40(33)26-34(38)42-44-41-31(28-14-10-15-29(24-28)35-19-8-9-23-43-35)18-11-21-37(41)45(42)36-20-6-4-16-30(36)27-12-2-1-3-13-27/h1-26,46H. The number of hydrogen-bond donors (Lipinski definition) is 1. The first-order valence-corrected chi connectivity index (χ1v) is 15.6. The van der Waals surface area contributed by atoms with Crippen molar-refractivity contribution in [3.05, 3.63) is 158 Å².